The first kappa shape index (κ1) is 28.2. The fraction of sp³-hybridized carbons (Fsp3) is 0.875. The molecular weight excluding hydrogens is 442 g/mol. The van der Waals surface area contributed by atoms with Crippen LogP contribution in [-0.2, 0) is 9.59 Å². The lowest BCUT2D eigenvalue weighted by Gasteiger charge is -2.18. The van der Waals surface area contributed by atoms with Crippen LogP contribution < -0.4 is 10.6 Å². The number of amides is 2. The van der Waals surface area contributed by atoms with E-state index in [1.165, 1.54) is 10.6 Å². The van der Waals surface area contributed by atoms with Crippen LogP contribution in [0.5, 0.6) is 0 Å². The first-order valence-corrected chi connectivity index (χ1v) is 9.01. The van der Waals surface area contributed by atoms with Crippen molar-refractivity contribution in [2.45, 2.75) is 75.6 Å². The number of carbonyl (C=O) groups is 2. The number of hydrogen-bond acceptors (Lipinski definition) is 2. The van der Waals surface area contributed by atoms with Crippen LogP contribution in [0.25, 0.3) is 0 Å². The SMILES string of the molecule is O=C(NCCCCCCCCCCNC(=O)C(F)(F)C(F)(F)F)C(F)(F)C(F)(F)F. The van der Waals surface area contributed by atoms with Crippen LogP contribution in [0.3, 0.4) is 0 Å². The van der Waals surface area contributed by atoms with Crippen LogP contribution in [0.2, 0.25) is 0 Å². The molecule has 0 unspecified atom stereocenters. The zero-order valence-electron chi connectivity index (χ0n) is 15.7. The molecule has 0 saturated heterocycles. The Morgan fingerprint density at radius 3 is 0.933 bits per heavy atom. The van der Waals surface area contributed by atoms with Crippen LogP contribution in [0.1, 0.15) is 51.4 Å². The lowest BCUT2D eigenvalue weighted by atomic mass is 10.1. The number of halogens is 10. The molecule has 0 aliphatic heterocycles. The minimum Gasteiger partial charge on any atom is -0.351 e. The molecule has 0 bridgehead atoms. The van der Waals surface area contributed by atoms with Gasteiger partial charge in [0.05, 0.1) is 0 Å². The highest BCUT2D eigenvalue weighted by molar-refractivity contribution is 5.84. The summed E-state index contributed by atoms with van der Waals surface area (Å²) >= 11 is 0. The molecule has 0 aliphatic rings. The second-order valence-electron chi connectivity index (χ2n) is 6.48. The summed E-state index contributed by atoms with van der Waals surface area (Å²) < 4.78 is 122. The van der Waals surface area contributed by atoms with Gasteiger partial charge in [-0.1, -0.05) is 38.5 Å². The molecule has 0 rings (SSSR count). The molecule has 0 aliphatic carbocycles. The third-order valence-corrected chi connectivity index (χ3v) is 3.96. The predicted octanol–water partition coefficient (Wildman–Crippen LogP) is 4.73. The quantitative estimate of drug-likeness (QED) is 0.306. The minimum atomic E-state index is -5.96. The summed E-state index contributed by atoms with van der Waals surface area (Å²) in [6, 6.07) is 0. The summed E-state index contributed by atoms with van der Waals surface area (Å²) in [6.07, 6.45) is -8.10. The van der Waals surface area contributed by atoms with Crippen molar-refractivity contribution in [1.29, 1.82) is 0 Å². The molecule has 14 heteroatoms. The first-order chi connectivity index (χ1) is 13.5. The standard InChI is InChI=1S/C16H22F10N2O2/c17-13(18,15(21,22)23)11(29)27-9-7-5-3-1-2-4-6-8-10-28-12(30)14(19,20)16(24,25)26/h1-10H2,(H,27,29)(H,28,30). The minimum absolute atomic E-state index is 0.194. The molecule has 0 aromatic heterocycles. The van der Waals surface area contributed by atoms with E-state index in [0.717, 1.165) is 0 Å². The zero-order valence-corrected chi connectivity index (χ0v) is 15.7. The van der Waals surface area contributed by atoms with E-state index in [-0.39, 0.29) is 25.9 Å². The maximum Gasteiger partial charge on any atom is 0.463 e. The zero-order chi connectivity index (χ0) is 23.6. The Bertz CT molecular complexity index is 499. The Hall–Kier alpha value is -1.76. The van der Waals surface area contributed by atoms with E-state index in [4.69, 9.17) is 0 Å². The molecule has 0 spiro atoms. The molecule has 2 N–H and O–H groups in total. The fourth-order valence-corrected chi connectivity index (χ4v) is 2.19. The lowest BCUT2D eigenvalue weighted by molar-refractivity contribution is -0.270. The normalized spacial score (nSPS) is 13.3. The monoisotopic (exact) mass is 464 g/mol. The Morgan fingerprint density at radius 1 is 0.467 bits per heavy atom. The Balaban J connectivity index is 3.69. The number of nitrogens with one attached hydrogen (secondary N) is 2. The van der Waals surface area contributed by atoms with E-state index in [1.807, 2.05) is 0 Å². The van der Waals surface area contributed by atoms with Crippen molar-refractivity contribution < 1.29 is 53.5 Å². The molecule has 0 aromatic carbocycles. The van der Waals surface area contributed by atoms with Crippen LogP contribution >= 0.6 is 0 Å². The second kappa shape index (κ2) is 11.6. The lowest BCUT2D eigenvalue weighted by Crippen LogP contribution is -2.50. The van der Waals surface area contributed by atoms with Gasteiger partial charge in [-0.3, -0.25) is 9.59 Å². The second-order valence-corrected chi connectivity index (χ2v) is 6.48. The van der Waals surface area contributed by atoms with Crippen molar-refractivity contribution in [2.24, 2.45) is 0 Å². The largest absolute Gasteiger partial charge is 0.463 e. The summed E-state index contributed by atoms with van der Waals surface area (Å²) in [5.74, 6) is -15.7. The summed E-state index contributed by atoms with van der Waals surface area (Å²) in [5.41, 5.74) is 0. The van der Waals surface area contributed by atoms with E-state index in [2.05, 4.69) is 0 Å². The van der Waals surface area contributed by atoms with Gasteiger partial charge in [-0.25, -0.2) is 0 Å². The smallest absolute Gasteiger partial charge is 0.351 e. The highest BCUT2D eigenvalue weighted by atomic mass is 19.4. The van der Waals surface area contributed by atoms with Crippen LogP contribution in [0.4, 0.5) is 43.9 Å². The summed E-state index contributed by atoms with van der Waals surface area (Å²) in [7, 11) is 0. The number of carbonyl (C=O) groups excluding carboxylic acids is 2. The molecule has 2 amide bonds. The van der Waals surface area contributed by atoms with Crippen molar-refractivity contribution in [1.82, 2.24) is 10.6 Å². The molecule has 0 atom stereocenters. The van der Waals surface area contributed by atoms with Gasteiger partial charge in [0, 0.05) is 13.1 Å². The van der Waals surface area contributed by atoms with Gasteiger partial charge in [-0.2, -0.15) is 43.9 Å². The van der Waals surface area contributed by atoms with E-state index >= 15 is 0 Å². The predicted molar refractivity (Wildman–Crippen MR) is 85.0 cm³/mol. The highest BCUT2D eigenvalue weighted by Crippen LogP contribution is 2.36. The highest BCUT2D eigenvalue weighted by Gasteiger charge is 2.64. The van der Waals surface area contributed by atoms with Gasteiger partial charge < -0.3 is 10.6 Å². The van der Waals surface area contributed by atoms with Crippen molar-refractivity contribution >= 4 is 11.8 Å². The van der Waals surface area contributed by atoms with Gasteiger partial charge >= 0.3 is 24.2 Å². The maximum atomic E-state index is 12.6. The van der Waals surface area contributed by atoms with Gasteiger partial charge in [0.15, 0.2) is 0 Å². The van der Waals surface area contributed by atoms with E-state index in [9.17, 15) is 53.5 Å². The van der Waals surface area contributed by atoms with Gasteiger partial charge in [-0.15, -0.1) is 0 Å². The molecule has 0 heterocycles. The van der Waals surface area contributed by atoms with E-state index in [0.29, 0.717) is 38.5 Å². The molecule has 0 saturated carbocycles. The van der Waals surface area contributed by atoms with Gasteiger partial charge in [-0.05, 0) is 12.8 Å². The molecule has 0 radical (unpaired) electrons. The first-order valence-electron chi connectivity index (χ1n) is 9.01. The van der Waals surface area contributed by atoms with Crippen LogP contribution in [0.15, 0.2) is 0 Å². The summed E-state index contributed by atoms with van der Waals surface area (Å²) in [4.78, 5) is 21.6. The maximum absolute atomic E-state index is 12.6. The fourth-order valence-electron chi connectivity index (χ4n) is 2.19. The third-order valence-electron chi connectivity index (χ3n) is 3.96. The summed E-state index contributed by atoms with van der Waals surface area (Å²) in [5, 5.41) is 3.03. The average molecular weight is 464 g/mol. The topological polar surface area (TPSA) is 58.2 Å². The van der Waals surface area contributed by atoms with Crippen LogP contribution in [0, 0.1) is 0 Å². The van der Waals surface area contributed by atoms with Crippen LogP contribution in [-0.4, -0.2) is 49.1 Å². The molecule has 30 heavy (non-hydrogen) atoms. The van der Waals surface area contributed by atoms with Crippen molar-refractivity contribution in [3.05, 3.63) is 0 Å². The van der Waals surface area contributed by atoms with E-state index in [1.54, 1.807) is 0 Å². The Kier molecular flexibility index (Phi) is 10.9. The van der Waals surface area contributed by atoms with Gasteiger partial charge in [0.2, 0.25) is 0 Å². The molecular formula is C16H22F10N2O2. The number of alkyl halides is 10. The molecule has 4 nitrogen and oxygen atoms in total. The van der Waals surface area contributed by atoms with Gasteiger partial charge in [0.1, 0.15) is 0 Å². The molecule has 178 valence electrons. The molecule has 0 fully saturated rings. The Morgan fingerprint density at radius 2 is 0.700 bits per heavy atom. The third kappa shape index (κ3) is 8.94. The molecule has 0 aromatic rings. The van der Waals surface area contributed by atoms with Crippen molar-refractivity contribution in [3.8, 4) is 0 Å². The number of hydrogen-bond donors (Lipinski definition) is 2. The Labute approximate surface area is 165 Å². The number of unbranched alkanes of at least 4 members (excludes halogenated alkanes) is 7. The van der Waals surface area contributed by atoms with E-state index < -0.39 is 36.0 Å². The van der Waals surface area contributed by atoms with Crippen molar-refractivity contribution in [3.63, 3.8) is 0 Å². The average Bonchev–Trinajstić information content (AvgIpc) is 2.60. The van der Waals surface area contributed by atoms with Gasteiger partial charge in [0.25, 0.3) is 11.8 Å². The summed E-state index contributed by atoms with van der Waals surface area (Å²) in [6.45, 7) is -0.681. The number of rotatable bonds is 13. The van der Waals surface area contributed by atoms with Crippen molar-refractivity contribution in [2.75, 3.05) is 13.1 Å².